The summed E-state index contributed by atoms with van der Waals surface area (Å²) in [6.07, 6.45) is 1.26. The van der Waals surface area contributed by atoms with Gasteiger partial charge in [0.1, 0.15) is 12.5 Å². The third-order valence-corrected chi connectivity index (χ3v) is 1.99. The fraction of sp³-hybridized carbons (Fsp3) is 0.857. The number of carbonyl (C=O) groups is 1. The number of carbonyl (C=O) groups excluding carboxylic acids is 1. The van der Waals surface area contributed by atoms with E-state index in [1.807, 2.05) is 0 Å². The summed E-state index contributed by atoms with van der Waals surface area (Å²) in [5, 5.41) is 9.27. The van der Waals surface area contributed by atoms with Gasteiger partial charge >= 0.3 is 0 Å². The Hall–Kier alpha value is -0.440. The van der Waals surface area contributed by atoms with Gasteiger partial charge in [0.25, 0.3) is 0 Å². The molecule has 58 valence electrons. The van der Waals surface area contributed by atoms with Crippen molar-refractivity contribution in [3.63, 3.8) is 0 Å². The quantitative estimate of drug-likeness (QED) is 0.595. The first-order valence-electron chi connectivity index (χ1n) is 3.46. The second kappa shape index (κ2) is 2.66. The molecule has 1 saturated carbocycles. The molecule has 0 saturated heterocycles. The lowest BCUT2D eigenvalue weighted by Crippen LogP contribution is -2.36. The van der Waals surface area contributed by atoms with Gasteiger partial charge in [-0.05, 0) is 12.8 Å². The zero-order chi connectivity index (χ0) is 7.61. The van der Waals surface area contributed by atoms with Crippen molar-refractivity contribution in [2.24, 2.45) is 0 Å². The summed E-state index contributed by atoms with van der Waals surface area (Å²) in [4.78, 5) is 10.6. The van der Waals surface area contributed by atoms with E-state index < -0.39 is 12.3 Å². The van der Waals surface area contributed by atoms with E-state index in [1.165, 1.54) is 0 Å². The fourth-order valence-corrected chi connectivity index (χ4v) is 1.13. The molecule has 0 aromatic carbocycles. The second-order valence-electron chi connectivity index (χ2n) is 2.90. The first kappa shape index (κ1) is 7.66. The molecule has 1 N–H and O–H groups in total. The van der Waals surface area contributed by atoms with Crippen LogP contribution in [0, 0.1) is 0 Å². The van der Waals surface area contributed by atoms with Crippen molar-refractivity contribution in [3.8, 4) is 0 Å². The van der Waals surface area contributed by atoms with Gasteiger partial charge in [0, 0.05) is 12.8 Å². The lowest BCUT2D eigenvalue weighted by molar-refractivity contribution is -0.126. The van der Waals surface area contributed by atoms with Gasteiger partial charge in [0.15, 0.2) is 0 Å². The Morgan fingerprint density at radius 1 is 1.50 bits per heavy atom. The van der Waals surface area contributed by atoms with Crippen molar-refractivity contribution in [3.05, 3.63) is 0 Å². The Morgan fingerprint density at radius 2 is 2.00 bits per heavy atom. The summed E-state index contributed by atoms with van der Waals surface area (Å²) in [6.45, 7) is -0.722. The molecule has 1 fully saturated rings. The molecule has 0 bridgehead atoms. The van der Waals surface area contributed by atoms with Crippen LogP contribution < -0.4 is 0 Å². The van der Waals surface area contributed by atoms with Crippen LogP contribution in [0.15, 0.2) is 0 Å². The number of hydrogen-bond donors (Lipinski definition) is 1. The Bertz CT molecular complexity index is 135. The molecule has 2 nitrogen and oxygen atoms in total. The lowest BCUT2D eigenvalue weighted by Gasteiger charge is -2.27. The van der Waals surface area contributed by atoms with E-state index in [4.69, 9.17) is 0 Å². The van der Waals surface area contributed by atoms with Crippen molar-refractivity contribution in [1.82, 2.24) is 0 Å². The maximum absolute atomic E-state index is 12.0. The smallest absolute Gasteiger partial charge is 0.133 e. The molecule has 0 unspecified atom stereocenters. The molecule has 0 amide bonds. The monoisotopic (exact) mass is 146 g/mol. The Kier molecular flexibility index (Phi) is 2.04. The predicted octanol–water partition coefficient (Wildman–Crippen LogP) is 0.830. The van der Waals surface area contributed by atoms with E-state index in [1.54, 1.807) is 0 Å². The van der Waals surface area contributed by atoms with E-state index in [0.29, 0.717) is 25.7 Å². The van der Waals surface area contributed by atoms with Gasteiger partial charge in [0.05, 0.1) is 5.60 Å². The first-order valence-corrected chi connectivity index (χ1v) is 3.46. The van der Waals surface area contributed by atoms with Crippen LogP contribution in [-0.4, -0.2) is 23.2 Å². The highest BCUT2D eigenvalue weighted by Gasteiger charge is 2.31. The Morgan fingerprint density at radius 3 is 2.40 bits per heavy atom. The van der Waals surface area contributed by atoms with E-state index in [9.17, 15) is 14.3 Å². The van der Waals surface area contributed by atoms with E-state index in [-0.39, 0.29) is 5.78 Å². The summed E-state index contributed by atoms with van der Waals surface area (Å²) < 4.78 is 12.0. The average molecular weight is 146 g/mol. The first-order chi connectivity index (χ1) is 4.66. The van der Waals surface area contributed by atoms with Gasteiger partial charge in [-0.1, -0.05) is 0 Å². The maximum atomic E-state index is 12.0. The predicted molar refractivity (Wildman–Crippen MR) is 34.4 cm³/mol. The Balaban J connectivity index is 2.46. The maximum Gasteiger partial charge on any atom is 0.133 e. The standard InChI is InChI=1S/C7H11FO2/c8-5-7(10)3-1-6(9)2-4-7/h10H,1-5H2. The van der Waals surface area contributed by atoms with Gasteiger partial charge in [-0.15, -0.1) is 0 Å². The van der Waals surface area contributed by atoms with Crippen LogP contribution in [0.1, 0.15) is 25.7 Å². The number of Topliss-reactive ketones (excluding diaryl/α,β-unsaturated/α-hetero) is 1. The van der Waals surface area contributed by atoms with Crippen molar-refractivity contribution in [1.29, 1.82) is 0 Å². The van der Waals surface area contributed by atoms with Crippen LogP contribution in [0.3, 0.4) is 0 Å². The Labute approximate surface area is 59.0 Å². The van der Waals surface area contributed by atoms with Crippen LogP contribution in [0.25, 0.3) is 0 Å². The summed E-state index contributed by atoms with van der Waals surface area (Å²) >= 11 is 0. The molecule has 10 heavy (non-hydrogen) atoms. The van der Waals surface area contributed by atoms with E-state index in [2.05, 4.69) is 0 Å². The van der Waals surface area contributed by atoms with Gasteiger partial charge in [0.2, 0.25) is 0 Å². The average Bonchev–Trinajstić information content (AvgIpc) is 1.96. The van der Waals surface area contributed by atoms with Crippen molar-refractivity contribution in [2.75, 3.05) is 6.67 Å². The van der Waals surface area contributed by atoms with Crippen LogP contribution >= 0.6 is 0 Å². The summed E-state index contributed by atoms with van der Waals surface area (Å²) in [5.41, 5.74) is -1.19. The molecule has 0 aromatic heterocycles. The number of aliphatic hydroxyl groups is 1. The minimum Gasteiger partial charge on any atom is -0.387 e. The zero-order valence-electron chi connectivity index (χ0n) is 5.77. The topological polar surface area (TPSA) is 37.3 Å². The number of alkyl halides is 1. The molecular weight excluding hydrogens is 135 g/mol. The molecule has 0 aliphatic heterocycles. The molecular formula is C7H11FO2. The number of hydrogen-bond acceptors (Lipinski definition) is 2. The number of ketones is 1. The molecule has 0 radical (unpaired) electrons. The molecule has 1 rings (SSSR count). The highest BCUT2D eigenvalue weighted by molar-refractivity contribution is 5.79. The van der Waals surface area contributed by atoms with Crippen molar-refractivity contribution < 1.29 is 14.3 Å². The van der Waals surface area contributed by atoms with Crippen LogP contribution in [0.4, 0.5) is 4.39 Å². The third kappa shape index (κ3) is 1.53. The molecule has 1 aliphatic carbocycles. The highest BCUT2D eigenvalue weighted by atomic mass is 19.1. The number of halogens is 1. The normalized spacial score (nSPS) is 24.8. The van der Waals surface area contributed by atoms with Gasteiger partial charge in [-0.25, -0.2) is 4.39 Å². The second-order valence-corrected chi connectivity index (χ2v) is 2.90. The van der Waals surface area contributed by atoms with Crippen LogP contribution in [0.5, 0.6) is 0 Å². The summed E-state index contributed by atoms with van der Waals surface area (Å²) in [6, 6.07) is 0. The van der Waals surface area contributed by atoms with Crippen LogP contribution in [-0.2, 0) is 4.79 Å². The van der Waals surface area contributed by atoms with Gasteiger partial charge in [-0.2, -0.15) is 0 Å². The minimum absolute atomic E-state index is 0.137. The van der Waals surface area contributed by atoms with E-state index >= 15 is 0 Å². The molecule has 0 aromatic rings. The van der Waals surface area contributed by atoms with Gasteiger partial charge < -0.3 is 5.11 Å². The molecule has 3 heteroatoms. The summed E-state index contributed by atoms with van der Waals surface area (Å²) in [7, 11) is 0. The fourth-order valence-electron chi connectivity index (χ4n) is 1.13. The van der Waals surface area contributed by atoms with Gasteiger partial charge in [-0.3, -0.25) is 4.79 Å². The zero-order valence-corrected chi connectivity index (χ0v) is 5.77. The van der Waals surface area contributed by atoms with Crippen LogP contribution in [0.2, 0.25) is 0 Å². The summed E-state index contributed by atoms with van der Waals surface area (Å²) in [5.74, 6) is 0.137. The minimum atomic E-state index is -1.19. The highest BCUT2D eigenvalue weighted by Crippen LogP contribution is 2.26. The molecule has 0 atom stereocenters. The third-order valence-electron chi connectivity index (χ3n) is 1.99. The largest absolute Gasteiger partial charge is 0.387 e. The van der Waals surface area contributed by atoms with Crippen molar-refractivity contribution >= 4 is 5.78 Å². The SMILES string of the molecule is O=C1CCC(O)(CF)CC1. The van der Waals surface area contributed by atoms with Crippen molar-refractivity contribution in [2.45, 2.75) is 31.3 Å². The molecule has 0 spiro atoms. The lowest BCUT2D eigenvalue weighted by atomic mass is 9.85. The number of rotatable bonds is 1. The molecule has 0 heterocycles. The van der Waals surface area contributed by atoms with E-state index in [0.717, 1.165) is 0 Å². The molecule has 1 aliphatic rings.